The van der Waals surface area contributed by atoms with Crippen LogP contribution in [0.5, 0.6) is 0 Å². The van der Waals surface area contributed by atoms with E-state index in [1.807, 2.05) is 31.2 Å². The number of amides is 2. The van der Waals surface area contributed by atoms with E-state index in [1.165, 1.54) is 16.9 Å². The van der Waals surface area contributed by atoms with Crippen molar-refractivity contribution >= 4 is 45.7 Å². The second-order valence-corrected chi connectivity index (χ2v) is 8.21. The highest BCUT2D eigenvalue weighted by Crippen LogP contribution is 2.28. The summed E-state index contributed by atoms with van der Waals surface area (Å²) in [5.74, 6) is 0.338. The normalized spacial score (nSPS) is 17.1. The number of benzene rings is 1. The van der Waals surface area contributed by atoms with Gasteiger partial charge in [-0.25, -0.2) is 0 Å². The summed E-state index contributed by atoms with van der Waals surface area (Å²) in [6.07, 6.45) is 1.18. The third kappa shape index (κ3) is 4.19. The molecule has 0 unspecified atom stereocenters. The molecule has 1 aromatic carbocycles. The average molecular weight is 377 g/mol. The van der Waals surface area contributed by atoms with E-state index in [0.717, 1.165) is 22.2 Å². The molecule has 1 aliphatic rings. The van der Waals surface area contributed by atoms with Gasteiger partial charge >= 0.3 is 0 Å². The maximum absolute atomic E-state index is 12.4. The zero-order chi connectivity index (χ0) is 17.8. The zero-order valence-electron chi connectivity index (χ0n) is 14.2. The van der Waals surface area contributed by atoms with E-state index in [4.69, 9.17) is 0 Å². The van der Waals surface area contributed by atoms with E-state index < -0.39 is 0 Å². The number of nitrogens with one attached hydrogen (secondary N) is 1. The molecule has 0 radical (unpaired) electrons. The molecular formula is C17H20N4O2S2. The molecule has 2 aromatic rings. The summed E-state index contributed by atoms with van der Waals surface area (Å²) in [6, 6.07) is 7.92. The highest BCUT2D eigenvalue weighted by atomic mass is 32.2. The van der Waals surface area contributed by atoms with Crippen molar-refractivity contribution in [2.75, 3.05) is 22.5 Å². The summed E-state index contributed by atoms with van der Waals surface area (Å²) >= 11 is 2.94. The van der Waals surface area contributed by atoms with E-state index in [0.29, 0.717) is 11.7 Å². The Morgan fingerprint density at radius 1 is 1.32 bits per heavy atom. The number of anilines is 2. The van der Waals surface area contributed by atoms with Crippen LogP contribution in [0.3, 0.4) is 0 Å². The topological polar surface area (TPSA) is 75.2 Å². The molecule has 1 aliphatic heterocycles. The number of hydrogen-bond donors (Lipinski definition) is 1. The van der Waals surface area contributed by atoms with Crippen LogP contribution in [-0.2, 0) is 16.0 Å². The molecule has 1 atom stereocenters. The Hall–Kier alpha value is -1.93. The van der Waals surface area contributed by atoms with Gasteiger partial charge in [-0.05, 0) is 29.9 Å². The Balaban J connectivity index is 1.63. The molecule has 8 heteroatoms. The summed E-state index contributed by atoms with van der Waals surface area (Å²) in [4.78, 5) is 26.4. The molecule has 132 valence electrons. The van der Waals surface area contributed by atoms with Gasteiger partial charge in [-0.1, -0.05) is 49.1 Å². The molecule has 1 N–H and O–H groups in total. The largest absolute Gasteiger partial charge is 0.312 e. The number of carbonyl (C=O) groups is 2. The van der Waals surface area contributed by atoms with Crippen molar-refractivity contribution in [3.8, 4) is 0 Å². The fraction of sp³-hybridized carbons (Fsp3) is 0.412. The van der Waals surface area contributed by atoms with E-state index in [1.54, 1.807) is 16.7 Å². The van der Waals surface area contributed by atoms with E-state index in [-0.39, 0.29) is 24.2 Å². The van der Waals surface area contributed by atoms with Crippen LogP contribution >= 0.6 is 23.1 Å². The van der Waals surface area contributed by atoms with Crippen molar-refractivity contribution in [1.82, 2.24) is 10.2 Å². The molecule has 1 aromatic heterocycles. The second-order valence-electron chi connectivity index (χ2n) is 5.72. The molecule has 0 spiro atoms. The summed E-state index contributed by atoms with van der Waals surface area (Å²) in [7, 11) is 0. The Kier molecular flexibility index (Phi) is 5.70. The predicted molar refractivity (Wildman–Crippen MR) is 101 cm³/mol. The van der Waals surface area contributed by atoms with Gasteiger partial charge in [0.2, 0.25) is 16.9 Å². The van der Waals surface area contributed by atoms with Gasteiger partial charge in [-0.3, -0.25) is 9.59 Å². The molecular weight excluding hydrogens is 356 g/mol. The first-order valence-electron chi connectivity index (χ1n) is 8.27. The van der Waals surface area contributed by atoms with Gasteiger partial charge in [0.1, 0.15) is 0 Å². The first kappa shape index (κ1) is 17.9. The minimum Gasteiger partial charge on any atom is -0.312 e. The van der Waals surface area contributed by atoms with Crippen LogP contribution in [-0.4, -0.2) is 34.3 Å². The number of aromatic nitrogens is 2. The molecule has 0 bridgehead atoms. The van der Waals surface area contributed by atoms with Crippen LogP contribution in [0.2, 0.25) is 0 Å². The lowest BCUT2D eigenvalue weighted by atomic mass is 10.1. The second kappa shape index (κ2) is 7.97. The fourth-order valence-corrected chi connectivity index (χ4v) is 4.35. The first-order valence-corrected chi connectivity index (χ1v) is 10.1. The lowest BCUT2D eigenvalue weighted by Gasteiger charge is -2.16. The maximum atomic E-state index is 12.4. The number of rotatable bonds is 6. The predicted octanol–water partition coefficient (Wildman–Crippen LogP) is 3.20. The quantitative estimate of drug-likeness (QED) is 0.619. The minimum absolute atomic E-state index is 0.0242. The number of hydrogen-bond acceptors (Lipinski definition) is 6. The van der Waals surface area contributed by atoms with E-state index in [9.17, 15) is 9.59 Å². The summed E-state index contributed by atoms with van der Waals surface area (Å²) in [5.41, 5.74) is 2.07. The van der Waals surface area contributed by atoms with Crippen LogP contribution in [0, 0.1) is 5.92 Å². The summed E-state index contributed by atoms with van der Waals surface area (Å²) < 4.78 is 0.831. The van der Waals surface area contributed by atoms with E-state index in [2.05, 4.69) is 22.4 Å². The van der Waals surface area contributed by atoms with E-state index >= 15 is 0 Å². The molecule has 0 aliphatic carbocycles. The average Bonchev–Trinajstić information content (AvgIpc) is 3.22. The monoisotopic (exact) mass is 376 g/mol. The molecule has 6 nitrogen and oxygen atoms in total. The van der Waals surface area contributed by atoms with Gasteiger partial charge in [0.15, 0.2) is 4.34 Å². The van der Waals surface area contributed by atoms with Gasteiger partial charge < -0.3 is 10.2 Å². The molecule has 3 rings (SSSR count). The van der Waals surface area contributed by atoms with Crippen molar-refractivity contribution in [1.29, 1.82) is 0 Å². The molecule has 1 saturated heterocycles. The Morgan fingerprint density at radius 2 is 2.08 bits per heavy atom. The van der Waals surface area contributed by atoms with Gasteiger partial charge in [0.25, 0.3) is 0 Å². The number of thioether (sulfide) groups is 1. The summed E-state index contributed by atoms with van der Waals surface area (Å²) in [6.45, 7) is 4.52. The third-order valence-corrected chi connectivity index (χ3v) is 5.91. The van der Waals surface area contributed by atoms with Crippen LogP contribution in [0.4, 0.5) is 10.8 Å². The third-order valence-electron chi connectivity index (χ3n) is 4.06. The van der Waals surface area contributed by atoms with Crippen LogP contribution in [0.25, 0.3) is 0 Å². The Morgan fingerprint density at radius 3 is 2.76 bits per heavy atom. The van der Waals surface area contributed by atoms with Crippen LogP contribution in [0.1, 0.15) is 25.8 Å². The van der Waals surface area contributed by atoms with Crippen LogP contribution < -0.4 is 10.2 Å². The molecule has 2 heterocycles. The number of carbonyl (C=O) groups excluding carboxylic acids is 2. The SMILES string of the molecule is CCSc1nnc(NC(=O)[C@H]2CC(=O)N(c3ccc(CC)cc3)C2)s1. The van der Waals surface area contributed by atoms with Crippen molar-refractivity contribution in [3.05, 3.63) is 29.8 Å². The Labute approximate surface area is 155 Å². The molecule has 2 amide bonds. The van der Waals surface area contributed by atoms with Gasteiger partial charge in [-0.15, -0.1) is 10.2 Å². The van der Waals surface area contributed by atoms with Crippen LogP contribution in [0.15, 0.2) is 28.6 Å². The van der Waals surface area contributed by atoms with Gasteiger partial charge in [-0.2, -0.15) is 0 Å². The minimum atomic E-state index is -0.371. The highest BCUT2D eigenvalue weighted by Gasteiger charge is 2.35. The molecule has 25 heavy (non-hydrogen) atoms. The summed E-state index contributed by atoms with van der Waals surface area (Å²) in [5, 5.41) is 11.3. The molecule has 0 saturated carbocycles. The van der Waals surface area contributed by atoms with Gasteiger partial charge in [0.05, 0.1) is 5.92 Å². The standard InChI is InChI=1S/C17H20N4O2S2/c1-3-11-5-7-13(8-6-11)21-10-12(9-14(21)22)15(23)18-16-19-20-17(25-16)24-4-2/h5-8,12H,3-4,9-10H2,1-2H3,(H,18,19,23)/t12-/m0/s1. The number of nitrogens with zero attached hydrogens (tertiary/aromatic N) is 3. The van der Waals surface area contributed by atoms with Crippen molar-refractivity contribution in [2.45, 2.75) is 31.0 Å². The Bertz CT molecular complexity index is 760. The smallest absolute Gasteiger partial charge is 0.231 e. The zero-order valence-corrected chi connectivity index (χ0v) is 15.8. The number of aryl methyl sites for hydroxylation is 1. The van der Waals surface area contributed by atoms with Crippen molar-refractivity contribution < 1.29 is 9.59 Å². The van der Waals surface area contributed by atoms with Gasteiger partial charge in [0, 0.05) is 18.7 Å². The lowest BCUT2D eigenvalue weighted by Crippen LogP contribution is -2.28. The van der Waals surface area contributed by atoms with Crippen molar-refractivity contribution in [3.63, 3.8) is 0 Å². The fourth-order valence-electron chi connectivity index (χ4n) is 2.69. The highest BCUT2D eigenvalue weighted by molar-refractivity contribution is 8.01. The first-order chi connectivity index (χ1) is 12.1. The molecule has 1 fully saturated rings. The maximum Gasteiger partial charge on any atom is 0.231 e. The lowest BCUT2D eigenvalue weighted by molar-refractivity contribution is -0.122. The van der Waals surface area contributed by atoms with Crippen molar-refractivity contribution in [2.24, 2.45) is 5.92 Å².